The minimum absolute atomic E-state index is 0.0300. The van der Waals surface area contributed by atoms with Gasteiger partial charge in [-0.25, -0.2) is 13.8 Å². The van der Waals surface area contributed by atoms with E-state index in [9.17, 15) is 23.7 Å². The Kier molecular flexibility index (Phi) is 5.86. The summed E-state index contributed by atoms with van der Waals surface area (Å²) in [6, 6.07) is 9.96. The second-order valence-electron chi connectivity index (χ2n) is 6.18. The molecule has 1 amide bonds. The van der Waals surface area contributed by atoms with Crippen LogP contribution < -0.4 is 15.4 Å². The minimum Gasteiger partial charge on any atom is -0.494 e. The van der Waals surface area contributed by atoms with Crippen molar-refractivity contribution in [1.82, 2.24) is 4.98 Å². The molecule has 1 aromatic heterocycles. The van der Waals surface area contributed by atoms with Crippen LogP contribution >= 0.6 is 0 Å². The fourth-order valence-corrected chi connectivity index (χ4v) is 2.66. The average Bonchev–Trinajstić information content (AvgIpc) is 2.74. The normalized spacial score (nSPS) is 10.4. The number of carbonyl (C=O) groups is 1. The molecule has 8 nitrogen and oxygen atoms in total. The predicted molar refractivity (Wildman–Crippen MR) is 106 cm³/mol. The third kappa shape index (κ3) is 4.17. The van der Waals surface area contributed by atoms with Gasteiger partial charge in [-0.3, -0.25) is 14.9 Å². The molecule has 154 valence electrons. The highest BCUT2D eigenvalue weighted by atomic mass is 19.1. The molecular formula is C20H16F2N4O4. The Morgan fingerprint density at radius 3 is 2.53 bits per heavy atom. The summed E-state index contributed by atoms with van der Waals surface area (Å²) in [5.74, 6) is -2.69. The number of nitrogens with one attached hydrogen (secondary N) is 2. The highest BCUT2D eigenvalue weighted by Gasteiger charge is 2.20. The Labute approximate surface area is 169 Å². The van der Waals surface area contributed by atoms with Gasteiger partial charge in [0.2, 0.25) is 0 Å². The Morgan fingerprint density at radius 1 is 1.17 bits per heavy atom. The fourth-order valence-electron chi connectivity index (χ4n) is 2.66. The first-order valence-electron chi connectivity index (χ1n) is 8.62. The Hall–Kier alpha value is -4.08. The second-order valence-corrected chi connectivity index (χ2v) is 6.18. The molecule has 0 radical (unpaired) electrons. The van der Waals surface area contributed by atoms with Crippen LogP contribution in [0.4, 0.5) is 31.7 Å². The van der Waals surface area contributed by atoms with Crippen LogP contribution in [0.3, 0.4) is 0 Å². The molecule has 0 spiro atoms. The van der Waals surface area contributed by atoms with Crippen molar-refractivity contribution in [3.8, 4) is 5.75 Å². The third-order valence-corrected chi connectivity index (χ3v) is 4.20. The maximum Gasteiger partial charge on any atom is 0.292 e. The van der Waals surface area contributed by atoms with Crippen molar-refractivity contribution in [2.45, 2.75) is 6.92 Å². The number of benzene rings is 2. The average molecular weight is 414 g/mol. The zero-order valence-corrected chi connectivity index (χ0v) is 15.9. The highest BCUT2D eigenvalue weighted by molar-refractivity contribution is 6.04. The molecule has 30 heavy (non-hydrogen) atoms. The lowest BCUT2D eigenvalue weighted by molar-refractivity contribution is -0.383. The molecule has 10 heteroatoms. The number of nitrogens with zero attached hydrogens (tertiary/aromatic N) is 2. The van der Waals surface area contributed by atoms with Gasteiger partial charge in [0.05, 0.1) is 17.6 Å². The van der Waals surface area contributed by atoms with Gasteiger partial charge in [0, 0.05) is 12.3 Å². The highest BCUT2D eigenvalue weighted by Crippen LogP contribution is 2.31. The maximum absolute atomic E-state index is 14.3. The monoisotopic (exact) mass is 414 g/mol. The van der Waals surface area contributed by atoms with E-state index in [0.29, 0.717) is 0 Å². The number of methoxy groups -OCH3 is 1. The zero-order chi connectivity index (χ0) is 21.8. The quantitative estimate of drug-likeness (QED) is 0.452. The fraction of sp³-hybridized carbons (Fsp3) is 0.100. The zero-order valence-electron chi connectivity index (χ0n) is 15.9. The lowest BCUT2D eigenvalue weighted by Crippen LogP contribution is -2.15. The molecule has 3 aromatic rings. The van der Waals surface area contributed by atoms with Crippen LogP contribution in [0.25, 0.3) is 0 Å². The number of hydrogen-bond acceptors (Lipinski definition) is 6. The molecule has 0 aliphatic rings. The molecule has 0 aliphatic carbocycles. The molecule has 0 fully saturated rings. The van der Waals surface area contributed by atoms with Gasteiger partial charge in [-0.1, -0.05) is 12.1 Å². The van der Waals surface area contributed by atoms with Crippen LogP contribution in [0, 0.1) is 28.7 Å². The van der Waals surface area contributed by atoms with Crippen molar-refractivity contribution in [3.63, 3.8) is 0 Å². The van der Waals surface area contributed by atoms with Gasteiger partial charge in [-0.15, -0.1) is 0 Å². The van der Waals surface area contributed by atoms with Crippen molar-refractivity contribution in [3.05, 3.63) is 81.5 Å². The molecule has 1 heterocycles. The molecule has 2 N–H and O–H groups in total. The van der Waals surface area contributed by atoms with E-state index < -0.39 is 28.2 Å². The molecule has 2 aromatic carbocycles. The van der Waals surface area contributed by atoms with Crippen molar-refractivity contribution in [2.75, 3.05) is 17.7 Å². The van der Waals surface area contributed by atoms with Gasteiger partial charge < -0.3 is 15.4 Å². The van der Waals surface area contributed by atoms with E-state index in [1.807, 2.05) is 0 Å². The van der Waals surface area contributed by atoms with Crippen molar-refractivity contribution in [1.29, 1.82) is 0 Å². The molecule has 0 atom stereocenters. The van der Waals surface area contributed by atoms with E-state index in [4.69, 9.17) is 4.74 Å². The summed E-state index contributed by atoms with van der Waals surface area (Å²) >= 11 is 0. The van der Waals surface area contributed by atoms with Crippen LogP contribution in [-0.2, 0) is 0 Å². The third-order valence-electron chi connectivity index (χ3n) is 4.20. The summed E-state index contributed by atoms with van der Waals surface area (Å²) < 4.78 is 33.5. The summed E-state index contributed by atoms with van der Waals surface area (Å²) in [6.45, 7) is 1.41. The van der Waals surface area contributed by atoms with E-state index in [0.717, 1.165) is 0 Å². The van der Waals surface area contributed by atoms with E-state index in [2.05, 4.69) is 15.6 Å². The van der Waals surface area contributed by atoms with Gasteiger partial charge >= 0.3 is 0 Å². The van der Waals surface area contributed by atoms with Crippen molar-refractivity contribution < 1.29 is 23.2 Å². The molecule has 0 unspecified atom stereocenters. The topological polar surface area (TPSA) is 106 Å². The summed E-state index contributed by atoms with van der Waals surface area (Å²) in [5.41, 5.74) is -0.407. The standard InChI is InChI=1S/C20H16F2N4O4/c1-11-9-15(30-2)18(22)19(17(11)21)25-20(27)12-7-8-16(23-10-12)24-13-5-3-4-6-14(13)26(28)29/h3-10H,1-2H3,(H,23,24)(H,25,27). The number of aromatic nitrogens is 1. The smallest absolute Gasteiger partial charge is 0.292 e. The number of nitro groups is 1. The number of aryl methyl sites for hydroxylation is 1. The lowest BCUT2D eigenvalue weighted by Gasteiger charge is -2.12. The Bertz CT molecular complexity index is 1120. The first-order valence-corrected chi connectivity index (χ1v) is 8.62. The second kappa shape index (κ2) is 8.52. The van der Waals surface area contributed by atoms with Gasteiger partial charge in [0.25, 0.3) is 11.6 Å². The van der Waals surface area contributed by atoms with E-state index >= 15 is 0 Å². The first kappa shape index (κ1) is 20.6. The lowest BCUT2D eigenvalue weighted by atomic mass is 10.1. The number of nitro benzene ring substituents is 1. The number of carbonyl (C=O) groups excluding carboxylic acids is 1. The van der Waals surface area contributed by atoms with E-state index in [-0.39, 0.29) is 34.1 Å². The summed E-state index contributed by atoms with van der Waals surface area (Å²) in [7, 11) is 1.23. The summed E-state index contributed by atoms with van der Waals surface area (Å²) in [5, 5.41) is 16.0. The number of anilines is 3. The van der Waals surface area contributed by atoms with Crippen LogP contribution in [0.15, 0.2) is 48.7 Å². The number of pyridine rings is 1. The molecule has 0 saturated heterocycles. The number of para-hydroxylation sites is 2. The molecule has 0 bridgehead atoms. The molecule has 0 aliphatic heterocycles. The number of ether oxygens (including phenoxy) is 1. The van der Waals surface area contributed by atoms with E-state index in [1.165, 1.54) is 56.6 Å². The number of amides is 1. The van der Waals surface area contributed by atoms with Gasteiger partial charge in [-0.05, 0) is 36.8 Å². The predicted octanol–water partition coefficient (Wildman–Crippen LogP) is 4.58. The summed E-state index contributed by atoms with van der Waals surface area (Å²) in [4.78, 5) is 27.0. The van der Waals surface area contributed by atoms with Gasteiger partial charge in [-0.2, -0.15) is 0 Å². The van der Waals surface area contributed by atoms with Crippen LogP contribution in [0.1, 0.15) is 15.9 Å². The van der Waals surface area contributed by atoms with Gasteiger partial charge in [0.15, 0.2) is 17.4 Å². The molecule has 3 rings (SSSR count). The van der Waals surface area contributed by atoms with Crippen LogP contribution in [0.2, 0.25) is 0 Å². The van der Waals surface area contributed by atoms with Crippen molar-refractivity contribution >= 4 is 28.8 Å². The van der Waals surface area contributed by atoms with Crippen molar-refractivity contribution in [2.24, 2.45) is 0 Å². The van der Waals surface area contributed by atoms with Gasteiger partial charge in [0.1, 0.15) is 17.2 Å². The van der Waals surface area contributed by atoms with Crippen LogP contribution in [0.5, 0.6) is 5.75 Å². The molecular weight excluding hydrogens is 398 g/mol. The summed E-state index contributed by atoms with van der Waals surface area (Å²) in [6.07, 6.45) is 1.18. The Balaban J connectivity index is 1.80. The van der Waals surface area contributed by atoms with E-state index in [1.54, 1.807) is 6.07 Å². The number of rotatable bonds is 6. The first-order chi connectivity index (χ1) is 14.3. The minimum atomic E-state index is -1.03. The largest absolute Gasteiger partial charge is 0.494 e. The molecule has 0 saturated carbocycles. The Morgan fingerprint density at radius 2 is 1.90 bits per heavy atom. The SMILES string of the molecule is COc1cc(C)c(F)c(NC(=O)c2ccc(Nc3ccccc3[N+](=O)[O-])nc2)c1F. The number of hydrogen-bond donors (Lipinski definition) is 2. The van der Waals surface area contributed by atoms with Crippen LogP contribution in [-0.4, -0.2) is 22.9 Å². The number of halogens is 2. The maximum atomic E-state index is 14.3.